The Labute approximate surface area is 110 Å². The Bertz CT molecular complexity index is 507. The Morgan fingerprint density at radius 2 is 1.83 bits per heavy atom. The predicted octanol–water partition coefficient (Wildman–Crippen LogP) is 2.62. The van der Waals surface area contributed by atoms with Crippen molar-refractivity contribution >= 4 is 35.4 Å². The lowest BCUT2D eigenvalue weighted by Crippen LogP contribution is -2.21. The average Bonchev–Trinajstić information content (AvgIpc) is 2.20. The van der Waals surface area contributed by atoms with Crippen molar-refractivity contribution in [1.82, 2.24) is 0 Å². The summed E-state index contributed by atoms with van der Waals surface area (Å²) in [6, 6.07) is 1.84. The fourth-order valence-electron chi connectivity index (χ4n) is 1.06. The van der Waals surface area contributed by atoms with Gasteiger partial charge in [-0.2, -0.15) is 18.3 Å². The highest BCUT2D eigenvalue weighted by atomic mass is 35.5. The van der Waals surface area contributed by atoms with E-state index < -0.39 is 16.8 Å². The van der Waals surface area contributed by atoms with E-state index in [1.165, 1.54) is 0 Å². The molecule has 0 bridgehead atoms. The Kier molecular flexibility index (Phi) is 4.42. The van der Waals surface area contributed by atoms with Crippen molar-refractivity contribution < 1.29 is 13.2 Å². The van der Waals surface area contributed by atoms with Gasteiger partial charge < -0.3 is 11.5 Å². The molecule has 0 spiro atoms. The normalized spacial score (nSPS) is 11.8. The van der Waals surface area contributed by atoms with E-state index in [2.05, 4.69) is 10.2 Å². The van der Waals surface area contributed by atoms with Gasteiger partial charge >= 0.3 is 6.18 Å². The molecule has 0 unspecified atom stereocenters. The zero-order chi connectivity index (χ0) is 13.9. The quantitative estimate of drug-likeness (QED) is 0.500. The minimum absolute atomic E-state index is 0.00235. The summed E-state index contributed by atoms with van der Waals surface area (Å²) in [5.74, 6) is -0.342. The highest BCUT2D eigenvalue weighted by Crippen LogP contribution is 2.38. The van der Waals surface area contributed by atoms with Crippen LogP contribution in [0.5, 0.6) is 0 Å². The molecule has 0 atom stereocenters. The van der Waals surface area contributed by atoms with E-state index in [1.54, 1.807) is 0 Å². The number of alkyl halides is 3. The van der Waals surface area contributed by atoms with Crippen LogP contribution in [0.2, 0.25) is 10.0 Å². The standard InChI is InChI=1S/C9H7Cl2F3N4/c10-6-2-1-5(9(12,13)14)7(11)4(6)3-17-18-8(15)16/h1-3H,(H4,15,16,18). The third-order valence-corrected chi connectivity index (χ3v) is 2.53. The maximum absolute atomic E-state index is 12.6. The molecule has 9 heteroatoms. The first-order valence-corrected chi connectivity index (χ1v) is 5.16. The maximum Gasteiger partial charge on any atom is 0.417 e. The van der Waals surface area contributed by atoms with Gasteiger partial charge in [0.05, 0.1) is 21.8 Å². The first-order chi connectivity index (χ1) is 8.23. The molecule has 0 aliphatic rings. The second kappa shape index (κ2) is 5.45. The summed E-state index contributed by atoms with van der Waals surface area (Å²) >= 11 is 11.3. The molecular formula is C9H7Cl2F3N4. The van der Waals surface area contributed by atoms with Gasteiger partial charge in [0.15, 0.2) is 0 Å². The highest BCUT2D eigenvalue weighted by molar-refractivity contribution is 6.39. The molecule has 1 aromatic rings. The van der Waals surface area contributed by atoms with Crippen molar-refractivity contribution in [3.63, 3.8) is 0 Å². The van der Waals surface area contributed by atoms with Gasteiger partial charge in [0.1, 0.15) is 0 Å². The molecule has 1 aromatic carbocycles. The molecule has 0 aromatic heterocycles. The van der Waals surface area contributed by atoms with Crippen LogP contribution in [0, 0.1) is 0 Å². The highest BCUT2D eigenvalue weighted by Gasteiger charge is 2.34. The summed E-state index contributed by atoms with van der Waals surface area (Å²) in [5.41, 5.74) is 8.87. The molecule has 18 heavy (non-hydrogen) atoms. The number of hydrogen-bond donors (Lipinski definition) is 2. The summed E-state index contributed by atoms with van der Waals surface area (Å²) in [6.45, 7) is 0. The van der Waals surface area contributed by atoms with E-state index in [1.807, 2.05) is 0 Å². The van der Waals surface area contributed by atoms with Crippen molar-refractivity contribution in [1.29, 1.82) is 0 Å². The molecular weight excluding hydrogens is 292 g/mol. The zero-order valence-electron chi connectivity index (χ0n) is 8.67. The second-order valence-corrected chi connectivity index (χ2v) is 3.87. The number of halogens is 5. The number of nitrogens with zero attached hydrogens (tertiary/aromatic N) is 2. The molecule has 0 saturated carbocycles. The summed E-state index contributed by atoms with van der Waals surface area (Å²) in [6.07, 6.45) is -3.64. The van der Waals surface area contributed by atoms with Gasteiger partial charge in [-0.15, -0.1) is 5.10 Å². The molecule has 0 aliphatic heterocycles. The van der Waals surface area contributed by atoms with E-state index in [0.29, 0.717) is 0 Å². The average molecular weight is 299 g/mol. The number of nitrogens with two attached hydrogens (primary N) is 2. The molecule has 4 nitrogen and oxygen atoms in total. The van der Waals surface area contributed by atoms with Gasteiger partial charge in [-0.3, -0.25) is 0 Å². The van der Waals surface area contributed by atoms with Crippen molar-refractivity contribution in [2.75, 3.05) is 0 Å². The van der Waals surface area contributed by atoms with Gasteiger partial charge in [0.2, 0.25) is 5.96 Å². The van der Waals surface area contributed by atoms with E-state index in [0.717, 1.165) is 18.3 Å². The monoisotopic (exact) mass is 298 g/mol. The molecule has 0 heterocycles. The van der Waals surface area contributed by atoms with Gasteiger partial charge in [-0.05, 0) is 12.1 Å². The van der Waals surface area contributed by atoms with E-state index in [4.69, 9.17) is 34.7 Å². The van der Waals surface area contributed by atoms with Gasteiger partial charge in [0, 0.05) is 5.56 Å². The molecule has 0 saturated heterocycles. The van der Waals surface area contributed by atoms with Gasteiger partial charge in [-0.1, -0.05) is 23.2 Å². The molecule has 4 N–H and O–H groups in total. The molecule has 0 radical (unpaired) electrons. The number of hydrogen-bond acceptors (Lipinski definition) is 2. The lowest BCUT2D eigenvalue weighted by atomic mass is 10.1. The topological polar surface area (TPSA) is 76.8 Å². The Balaban J connectivity index is 3.28. The van der Waals surface area contributed by atoms with Crippen LogP contribution in [0.3, 0.4) is 0 Å². The fraction of sp³-hybridized carbons (Fsp3) is 0.111. The predicted molar refractivity (Wildman–Crippen MR) is 64.9 cm³/mol. The third kappa shape index (κ3) is 3.51. The summed E-state index contributed by atoms with van der Waals surface area (Å²) in [7, 11) is 0. The first-order valence-electron chi connectivity index (χ1n) is 4.40. The molecule has 0 fully saturated rings. The van der Waals surface area contributed by atoms with Crippen molar-refractivity contribution in [3.8, 4) is 0 Å². The minimum atomic E-state index is -4.58. The molecule has 0 aliphatic carbocycles. The lowest BCUT2D eigenvalue weighted by Gasteiger charge is -2.11. The number of benzene rings is 1. The van der Waals surface area contributed by atoms with Crippen LogP contribution < -0.4 is 11.5 Å². The van der Waals surface area contributed by atoms with Crippen LogP contribution in [0.25, 0.3) is 0 Å². The van der Waals surface area contributed by atoms with Crippen molar-refractivity contribution in [2.24, 2.45) is 21.7 Å². The van der Waals surface area contributed by atoms with E-state index >= 15 is 0 Å². The first kappa shape index (κ1) is 14.6. The van der Waals surface area contributed by atoms with Crippen molar-refractivity contribution in [3.05, 3.63) is 33.3 Å². The largest absolute Gasteiger partial charge is 0.417 e. The minimum Gasteiger partial charge on any atom is -0.369 e. The molecule has 0 amide bonds. The molecule has 98 valence electrons. The molecule has 1 rings (SSSR count). The van der Waals surface area contributed by atoms with Crippen LogP contribution in [0.15, 0.2) is 22.3 Å². The Morgan fingerprint density at radius 3 is 2.33 bits per heavy atom. The summed E-state index contributed by atoms with van der Waals surface area (Å²) in [5, 5.41) is 6.04. The van der Waals surface area contributed by atoms with Crippen LogP contribution >= 0.6 is 23.2 Å². The Morgan fingerprint density at radius 1 is 1.22 bits per heavy atom. The number of guanidine groups is 1. The second-order valence-electron chi connectivity index (χ2n) is 3.09. The summed E-state index contributed by atoms with van der Waals surface area (Å²) in [4.78, 5) is 0. The SMILES string of the molecule is NC(N)=NN=Cc1c(Cl)ccc(C(F)(F)F)c1Cl. The smallest absolute Gasteiger partial charge is 0.369 e. The van der Waals surface area contributed by atoms with Crippen LogP contribution in [0.4, 0.5) is 13.2 Å². The zero-order valence-corrected chi connectivity index (χ0v) is 10.2. The third-order valence-electron chi connectivity index (χ3n) is 1.79. The van der Waals surface area contributed by atoms with Gasteiger partial charge in [-0.25, -0.2) is 0 Å². The Hall–Kier alpha value is -1.47. The van der Waals surface area contributed by atoms with E-state index in [-0.39, 0.29) is 16.5 Å². The van der Waals surface area contributed by atoms with Gasteiger partial charge in [0.25, 0.3) is 0 Å². The number of rotatable bonds is 2. The van der Waals surface area contributed by atoms with E-state index in [9.17, 15) is 13.2 Å². The summed E-state index contributed by atoms with van der Waals surface area (Å²) < 4.78 is 37.7. The maximum atomic E-state index is 12.6. The van der Waals surface area contributed by atoms with Crippen LogP contribution in [-0.2, 0) is 6.18 Å². The van der Waals surface area contributed by atoms with Crippen LogP contribution in [-0.4, -0.2) is 12.2 Å². The van der Waals surface area contributed by atoms with Crippen molar-refractivity contribution in [2.45, 2.75) is 6.18 Å². The lowest BCUT2D eigenvalue weighted by molar-refractivity contribution is -0.137. The fourth-order valence-corrected chi connectivity index (χ4v) is 1.64. The van der Waals surface area contributed by atoms with Crippen LogP contribution in [0.1, 0.15) is 11.1 Å².